The summed E-state index contributed by atoms with van der Waals surface area (Å²) in [5.41, 5.74) is 0. The van der Waals surface area contributed by atoms with Crippen LogP contribution in [0.15, 0.2) is 0 Å². The molecule has 1 saturated heterocycles. The first-order valence-corrected chi connectivity index (χ1v) is 9.26. The van der Waals surface area contributed by atoms with E-state index < -0.39 is 10.0 Å². The fraction of sp³-hybridized carbons (Fsp3) is 1.00. The maximum absolute atomic E-state index is 12.5. The lowest BCUT2D eigenvalue weighted by Crippen LogP contribution is -2.45. The molecule has 0 aromatic heterocycles. The molecule has 1 unspecified atom stereocenters. The van der Waals surface area contributed by atoms with Crippen molar-refractivity contribution in [3.63, 3.8) is 0 Å². The molecule has 0 amide bonds. The van der Waals surface area contributed by atoms with Gasteiger partial charge in [-0.2, -0.15) is 0 Å². The van der Waals surface area contributed by atoms with Gasteiger partial charge in [-0.05, 0) is 38.5 Å². The van der Waals surface area contributed by atoms with E-state index in [9.17, 15) is 8.42 Å². The van der Waals surface area contributed by atoms with E-state index >= 15 is 0 Å². The topological polar surface area (TPSA) is 49.4 Å². The molecular formula is C14H28N2O2S. The van der Waals surface area contributed by atoms with E-state index in [0.717, 1.165) is 31.8 Å². The minimum atomic E-state index is -3.10. The fourth-order valence-electron chi connectivity index (χ4n) is 2.84. The van der Waals surface area contributed by atoms with E-state index in [1.807, 2.05) is 6.92 Å². The Morgan fingerprint density at radius 1 is 1.21 bits per heavy atom. The Morgan fingerprint density at radius 2 is 1.84 bits per heavy atom. The molecule has 1 N–H and O–H groups in total. The molecule has 0 aromatic carbocycles. The summed E-state index contributed by atoms with van der Waals surface area (Å²) in [6, 6.07) is 0.577. The zero-order valence-electron chi connectivity index (χ0n) is 12.3. The van der Waals surface area contributed by atoms with Crippen molar-refractivity contribution in [1.29, 1.82) is 0 Å². The Hall–Kier alpha value is -0.130. The zero-order valence-corrected chi connectivity index (χ0v) is 13.1. The van der Waals surface area contributed by atoms with Crippen molar-refractivity contribution in [3.05, 3.63) is 0 Å². The van der Waals surface area contributed by atoms with Crippen LogP contribution >= 0.6 is 0 Å². The lowest BCUT2D eigenvalue weighted by Gasteiger charge is -2.33. The van der Waals surface area contributed by atoms with Crippen molar-refractivity contribution in [2.24, 2.45) is 5.92 Å². The quantitative estimate of drug-likeness (QED) is 0.779. The van der Waals surface area contributed by atoms with Gasteiger partial charge in [-0.3, -0.25) is 0 Å². The zero-order chi connectivity index (χ0) is 13.9. The summed E-state index contributed by atoms with van der Waals surface area (Å²) in [6.45, 7) is 6.08. The van der Waals surface area contributed by atoms with Crippen LogP contribution in [-0.2, 0) is 10.0 Å². The van der Waals surface area contributed by atoms with Crippen molar-refractivity contribution >= 4 is 10.0 Å². The predicted molar refractivity (Wildman–Crippen MR) is 78.6 cm³/mol. The fourth-order valence-corrected chi connectivity index (χ4v) is 4.38. The third kappa shape index (κ3) is 4.17. The average Bonchev–Trinajstić information content (AvgIpc) is 3.21. The lowest BCUT2D eigenvalue weighted by atomic mass is 9.94. The summed E-state index contributed by atoms with van der Waals surface area (Å²) >= 11 is 0. The number of nitrogens with zero attached hydrogens (tertiary/aromatic N) is 1. The molecule has 2 aliphatic rings. The van der Waals surface area contributed by atoms with E-state index in [2.05, 4.69) is 12.2 Å². The number of hydrogen-bond acceptors (Lipinski definition) is 3. The number of sulfonamides is 1. The number of rotatable bonds is 7. The summed E-state index contributed by atoms with van der Waals surface area (Å²) in [7, 11) is -3.10. The molecule has 0 aromatic rings. The van der Waals surface area contributed by atoms with Crippen molar-refractivity contribution in [1.82, 2.24) is 9.62 Å². The summed E-state index contributed by atoms with van der Waals surface area (Å²) in [5.74, 6) is 0.733. The van der Waals surface area contributed by atoms with Gasteiger partial charge in [0.1, 0.15) is 0 Å². The van der Waals surface area contributed by atoms with Crippen LogP contribution in [-0.4, -0.2) is 43.6 Å². The van der Waals surface area contributed by atoms with E-state index in [-0.39, 0.29) is 5.25 Å². The maximum Gasteiger partial charge on any atom is 0.217 e. The van der Waals surface area contributed by atoms with Gasteiger partial charge in [0.25, 0.3) is 0 Å². The normalized spacial score (nSPS) is 24.5. The second kappa shape index (κ2) is 6.55. The monoisotopic (exact) mass is 288 g/mol. The highest BCUT2D eigenvalue weighted by molar-refractivity contribution is 7.89. The molecule has 1 atom stereocenters. The number of nitrogens with one attached hydrogen (secondary N) is 1. The van der Waals surface area contributed by atoms with Gasteiger partial charge in [-0.15, -0.1) is 0 Å². The van der Waals surface area contributed by atoms with Crippen LogP contribution in [0.5, 0.6) is 0 Å². The second-order valence-electron chi connectivity index (χ2n) is 6.17. The van der Waals surface area contributed by atoms with Gasteiger partial charge in [-0.1, -0.05) is 19.8 Å². The van der Waals surface area contributed by atoms with Crippen LogP contribution in [0, 0.1) is 5.92 Å². The predicted octanol–water partition coefficient (Wildman–Crippen LogP) is 1.97. The van der Waals surface area contributed by atoms with Crippen molar-refractivity contribution in [3.8, 4) is 0 Å². The highest BCUT2D eigenvalue weighted by Crippen LogP contribution is 2.25. The average molecular weight is 288 g/mol. The Bertz CT molecular complexity index is 371. The van der Waals surface area contributed by atoms with E-state index in [1.54, 1.807) is 4.31 Å². The minimum absolute atomic E-state index is 0.296. The van der Waals surface area contributed by atoms with E-state index in [4.69, 9.17) is 0 Å². The molecule has 0 spiro atoms. The van der Waals surface area contributed by atoms with Gasteiger partial charge in [0, 0.05) is 25.7 Å². The lowest BCUT2D eigenvalue weighted by molar-refractivity contribution is 0.260. The third-order valence-electron chi connectivity index (χ3n) is 4.41. The summed E-state index contributed by atoms with van der Waals surface area (Å²) < 4.78 is 26.7. The SMILES string of the molecule is CCCC1CCN(S(=O)(=O)C(C)CNC2CC2)CC1. The van der Waals surface area contributed by atoms with E-state index in [1.165, 1.54) is 25.7 Å². The van der Waals surface area contributed by atoms with Gasteiger partial charge < -0.3 is 5.32 Å². The molecule has 2 rings (SSSR count). The van der Waals surface area contributed by atoms with Gasteiger partial charge >= 0.3 is 0 Å². The summed E-state index contributed by atoms with van der Waals surface area (Å²) in [6.07, 6.45) is 6.93. The maximum atomic E-state index is 12.5. The minimum Gasteiger partial charge on any atom is -0.313 e. The highest BCUT2D eigenvalue weighted by atomic mass is 32.2. The largest absolute Gasteiger partial charge is 0.313 e. The van der Waals surface area contributed by atoms with Crippen LogP contribution in [0.3, 0.4) is 0 Å². The molecule has 0 bridgehead atoms. The number of piperidine rings is 1. The Balaban J connectivity index is 1.81. The molecule has 1 aliphatic heterocycles. The van der Waals surface area contributed by atoms with Crippen LogP contribution in [0.1, 0.15) is 52.4 Å². The molecule has 19 heavy (non-hydrogen) atoms. The van der Waals surface area contributed by atoms with Gasteiger partial charge in [0.15, 0.2) is 0 Å². The van der Waals surface area contributed by atoms with Crippen LogP contribution < -0.4 is 5.32 Å². The molecule has 112 valence electrons. The smallest absolute Gasteiger partial charge is 0.217 e. The molecule has 0 radical (unpaired) electrons. The first kappa shape index (κ1) is 15.3. The molecule has 2 fully saturated rings. The van der Waals surface area contributed by atoms with E-state index in [0.29, 0.717) is 12.6 Å². The Morgan fingerprint density at radius 3 is 2.37 bits per heavy atom. The first-order valence-electron chi connectivity index (χ1n) is 7.76. The number of hydrogen-bond donors (Lipinski definition) is 1. The summed E-state index contributed by atoms with van der Waals surface area (Å²) in [4.78, 5) is 0. The third-order valence-corrected chi connectivity index (χ3v) is 6.68. The van der Waals surface area contributed by atoms with Crippen LogP contribution in [0.25, 0.3) is 0 Å². The van der Waals surface area contributed by atoms with Gasteiger partial charge in [0.05, 0.1) is 5.25 Å². The van der Waals surface area contributed by atoms with Crippen LogP contribution in [0.2, 0.25) is 0 Å². The molecule has 4 nitrogen and oxygen atoms in total. The molecular weight excluding hydrogens is 260 g/mol. The standard InChI is InChI=1S/C14H28N2O2S/c1-3-4-13-7-9-16(10-8-13)19(17,18)12(2)11-15-14-5-6-14/h12-15H,3-11H2,1-2H3. The van der Waals surface area contributed by atoms with Crippen molar-refractivity contribution in [2.45, 2.75) is 63.7 Å². The molecule has 1 aliphatic carbocycles. The molecule has 5 heteroatoms. The van der Waals surface area contributed by atoms with Gasteiger partial charge in [-0.25, -0.2) is 12.7 Å². The summed E-state index contributed by atoms with van der Waals surface area (Å²) in [5, 5.41) is 3.03. The van der Waals surface area contributed by atoms with Crippen molar-refractivity contribution < 1.29 is 8.42 Å². The molecule has 1 saturated carbocycles. The first-order chi connectivity index (χ1) is 9.04. The van der Waals surface area contributed by atoms with Gasteiger partial charge in [0.2, 0.25) is 10.0 Å². The Kier molecular flexibility index (Phi) is 5.26. The molecule has 1 heterocycles. The second-order valence-corrected chi connectivity index (χ2v) is 8.52. The Labute approximate surface area is 118 Å². The van der Waals surface area contributed by atoms with Crippen LogP contribution in [0.4, 0.5) is 0 Å². The van der Waals surface area contributed by atoms with Crippen molar-refractivity contribution in [2.75, 3.05) is 19.6 Å². The highest BCUT2D eigenvalue weighted by Gasteiger charge is 2.32.